The van der Waals surface area contributed by atoms with Crippen LogP contribution in [0, 0.1) is 0 Å². The van der Waals surface area contributed by atoms with Gasteiger partial charge in [0.1, 0.15) is 4.88 Å². The van der Waals surface area contributed by atoms with Gasteiger partial charge < -0.3 is 10.2 Å². The summed E-state index contributed by atoms with van der Waals surface area (Å²) >= 11 is 8.10. The molecule has 4 aromatic rings. The summed E-state index contributed by atoms with van der Waals surface area (Å²) in [6, 6.07) is 26.5. The zero-order chi connectivity index (χ0) is 20.7. The number of hydrogen-bond acceptors (Lipinski definition) is 3. The molecule has 30 heavy (non-hydrogen) atoms. The SMILES string of the molecule is C[C@H]1C[C@H](Nc2ccccc2)c2ccccc2N1C(=O)c1sc2ccccc2c1Cl. The number of nitrogens with one attached hydrogen (secondary N) is 1. The number of thiophene rings is 1. The van der Waals surface area contributed by atoms with Crippen molar-refractivity contribution in [3.63, 3.8) is 0 Å². The molecule has 1 aliphatic heterocycles. The number of nitrogens with zero attached hydrogens (tertiary/aromatic N) is 1. The lowest BCUT2D eigenvalue weighted by Gasteiger charge is -2.39. The van der Waals surface area contributed by atoms with Gasteiger partial charge in [-0.15, -0.1) is 11.3 Å². The first-order valence-corrected chi connectivity index (χ1v) is 11.2. The van der Waals surface area contributed by atoms with Gasteiger partial charge in [-0.25, -0.2) is 0 Å². The van der Waals surface area contributed by atoms with E-state index in [4.69, 9.17) is 11.6 Å². The molecule has 3 aromatic carbocycles. The molecule has 1 amide bonds. The molecule has 1 aliphatic rings. The summed E-state index contributed by atoms with van der Waals surface area (Å²) in [6.07, 6.45) is 0.820. The van der Waals surface area contributed by atoms with Crippen molar-refractivity contribution in [1.82, 2.24) is 0 Å². The Labute approximate surface area is 184 Å². The van der Waals surface area contributed by atoms with Gasteiger partial charge in [0.2, 0.25) is 0 Å². The summed E-state index contributed by atoms with van der Waals surface area (Å²) in [7, 11) is 0. The summed E-state index contributed by atoms with van der Waals surface area (Å²) in [5.41, 5.74) is 3.16. The van der Waals surface area contributed by atoms with E-state index >= 15 is 0 Å². The molecule has 3 nitrogen and oxygen atoms in total. The second-order valence-electron chi connectivity index (χ2n) is 7.62. The van der Waals surface area contributed by atoms with Crippen LogP contribution in [0.1, 0.15) is 34.6 Å². The molecule has 1 aromatic heterocycles. The van der Waals surface area contributed by atoms with Gasteiger partial charge >= 0.3 is 0 Å². The van der Waals surface area contributed by atoms with Crippen LogP contribution in [0.2, 0.25) is 5.02 Å². The molecule has 0 bridgehead atoms. The largest absolute Gasteiger partial charge is 0.378 e. The zero-order valence-corrected chi connectivity index (χ0v) is 18.1. The Hall–Kier alpha value is -2.82. The van der Waals surface area contributed by atoms with Crippen molar-refractivity contribution < 1.29 is 4.79 Å². The molecule has 5 rings (SSSR count). The van der Waals surface area contributed by atoms with Gasteiger partial charge in [-0.1, -0.05) is 66.2 Å². The van der Waals surface area contributed by atoms with Gasteiger partial charge in [-0.3, -0.25) is 4.79 Å². The third-order valence-corrected chi connectivity index (χ3v) is 7.32. The maximum Gasteiger partial charge on any atom is 0.270 e. The standard InChI is InChI=1S/C25H21ClN2OS/c1-16-15-20(27-17-9-3-2-4-10-17)18-11-5-7-13-21(18)28(16)25(29)24-23(26)19-12-6-8-14-22(19)30-24/h2-14,16,20,27H,15H2,1H3/t16-,20-/m0/s1. The average molecular weight is 433 g/mol. The van der Waals surface area contributed by atoms with E-state index in [9.17, 15) is 4.79 Å². The predicted octanol–water partition coefficient (Wildman–Crippen LogP) is 7.15. The summed E-state index contributed by atoms with van der Waals surface area (Å²) < 4.78 is 1.03. The lowest BCUT2D eigenvalue weighted by molar-refractivity contribution is 0.0978. The van der Waals surface area contributed by atoms with Crippen LogP contribution >= 0.6 is 22.9 Å². The van der Waals surface area contributed by atoms with E-state index in [0.717, 1.165) is 33.4 Å². The Morgan fingerprint density at radius 2 is 1.70 bits per heavy atom. The molecule has 150 valence electrons. The number of rotatable bonds is 3. The van der Waals surface area contributed by atoms with Crippen molar-refractivity contribution in [3.8, 4) is 0 Å². The van der Waals surface area contributed by atoms with Crippen LogP contribution in [0.15, 0.2) is 78.9 Å². The van der Waals surface area contributed by atoms with Crippen LogP contribution in [0.5, 0.6) is 0 Å². The molecule has 0 aliphatic carbocycles. The van der Waals surface area contributed by atoms with E-state index in [0.29, 0.717) is 9.90 Å². The molecular weight excluding hydrogens is 412 g/mol. The Balaban J connectivity index is 1.54. The summed E-state index contributed by atoms with van der Waals surface area (Å²) in [5, 5.41) is 5.13. The maximum absolute atomic E-state index is 13.7. The van der Waals surface area contributed by atoms with Gasteiger partial charge in [0.15, 0.2) is 0 Å². The van der Waals surface area contributed by atoms with Crippen LogP contribution < -0.4 is 10.2 Å². The van der Waals surface area contributed by atoms with Crippen LogP contribution in [0.25, 0.3) is 10.1 Å². The number of fused-ring (bicyclic) bond motifs is 2. The molecule has 5 heteroatoms. The highest BCUT2D eigenvalue weighted by Gasteiger charge is 2.35. The minimum absolute atomic E-state index is 0.0284. The van der Waals surface area contributed by atoms with Gasteiger partial charge in [0, 0.05) is 27.5 Å². The summed E-state index contributed by atoms with van der Waals surface area (Å²) in [5.74, 6) is -0.0284. The van der Waals surface area contributed by atoms with Gasteiger partial charge in [-0.2, -0.15) is 0 Å². The Kier molecular flexibility index (Phi) is 4.97. The third-order valence-electron chi connectivity index (χ3n) is 5.65. The molecule has 0 radical (unpaired) electrons. The fourth-order valence-corrected chi connectivity index (χ4v) is 5.70. The van der Waals surface area contributed by atoms with Crippen molar-refractivity contribution in [2.24, 2.45) is 0 Å². The third kappa shape index (κ3) is 3.26. The highest BCUT2D eigenvalue weighted by molar-refractivity contribution is 7.21. The van der Waals surface area contributed by atoms with Crippen molar-refractivity contribution in [2.45, 2.75) is 25.4 Å². The van der Waals surface area contributed by atoms with Gasteiger partial charge in [0.05, 0.1) is 11.1 Å². The Morgan fingerprint density at radius 1 is 1.00 bits per heavy atom. The van der Waals surface area contributed by atoms with E-state index in [1.165, 1.54) is 11.3 Å². The highest BCUT2D eigenvalue weighted by atomic mass is 35.5. The predicted molar refractivity (Wildman–Crippen MR) is 127 cm³/mol. The molecule has 1 N–H and O–H groups in total. The smallest absolute Gasteiger partial charge is 0.270 e. The molecular formula is C25H21ClN2OS. The normalized spacial score (nSPS) is 18.3. The molecule has 0 saturated carbocycles. The quantitative estimate of drug-likeness (QED) is 0.373. The van der Waals surface area contributed by atoms with Gasteiger partial charge in [0.25, 0.3) is 5.91 Å². The number of para-hydroxylation sites is 2. The fourth-order valence-electron chi connectivity index (χ4n) is 4.26. The number of carbonyl (C=O) groups is 1. The number of carbonyl (C=O) groups excluding carboxylic acids is 1. The Bertz CT molecular complexity index is 1220. The molecule has 2 heterocycles. The van der Waals surface area contributed by atoms with Crippen molar-refractivity contribution in [3.05, 3.63) is 94.3 Å². The first-order valence-electron chi connectivity index (χ1n) is 10.0. The summed E-state index contributed by atoms with van der Waals surface area (Å²) in [6.45, 7) is 2.11. The molecule has 0 spiro atoms. The topological polar surface area (TPSA) is 32.3 Å². The first-order chi connectivity index (χ1) is 14.6. The molecule has 0 saturated heterocycles. The molecule has 0 fully saturated rings. The van der Waals surface area contributed by atoms with Crippen molar-refractivity contribution in [2.75, 3.05) is 10.2 Å². The lowest BCUT2D eigenvalue weighted by atomic mass is 9.91. The Morgan fingerprint density at radius 3 is 2.50 bits per heavy atom. The number of hydrogen-bond donors (Lipinski definition) is 1. The average Bonchev–Trinajstić information content (AvgIpc) is 3.11. The number of halogens is 1. The van der Waals surface area contributed by atoms with Crippen LogP contribution in [0.4, 0.5) is 11.4 Å². The number of anilines is 2. The van der Waals surface area contributed by atoms with E-state index in [1.807, 2.05) is 65.6 Å². The summed E-state index contributed by atoms with van der Waals surface area (Å²) in [4.78, 5) is 16.2. The van der Waals surface area contributed by atoms with Crippen LogP contribution in [0.3, 0.4) is 0 Å². The van der Waals surface area contributed by atoms with Crippen LogP contribution in [-0.4, -0.2) is 11.9 Å². The highest BCUT2D eigenvalue weighted by Crippen LogP contribution is 2.42. The molecule has 2 atom stereocenters. The maximum atomic E-state index is 13.7. The lowest BCUT2D eigenvalue weighted by Crippen LogP contribution is -2.44. The first kappa shape index (κ1) is 19.2. The fraction of sp³-hybridized carbons (Fsp3) is 0.160. The zero-order valence-electron chi connectivity index (χ0n) is 16.5. The van der Waals surface area contributed by atoms with Crippen molar-refractivity contribution >= 4 is 50.3 Å². The van der Waals surface area contributed by atoms with E-state index < -0.39 is 0 Å². The monoisotopic (exact) mass is 432 g/mol. The second-order valence-corrected chi connectivity index (χ2v) is 9.05. The minimum atomic E-state index is -0.0284. The van der Waals surface area contributed by atoms with E-state index in [1.54, 1.807) is 0 Å². The van der Waals surface area contributed by atoms with Crippen molar-refractivity contribution in [1.29, 1.82) is 0 Å². The van der Waals surface area contributed by atoms with E-state index in [-0.39, 0.29) is 18.0 Å². The van der Waals surface area contributed by atoms with Crippen LogP contribution in [-0.2, 0) is 0 Å². The molecule has 0 unspecified atom stereocenters. The number of benzene rings is 3. The minimum Gasteiger partial charge on any atom is -0.378 e. The van der Waals surface area contributed by atoms with Gasteiger partial charge in [-0.05, 0) is 43.2 Å². The second kappa shape index (κ2) is 7.78. The van der Waals surface area contributed by atoms with E-state index in [2.05, 4.69) is 30.4 Å². The number of amides is 1.